The molecule has 7 nitrogen and oxygen atoms in total. The molecule has 0 aliphatic carbocycles. The molecule has 21 heavy (non-hydrogen) atoms. The van der Waals surface area contributed by atoms with Gasteiger partial charge in [-0.2, -0.15) is 0 Å². The summed E-state index contributed by atoms with van der Waals surface area (Å²) in [6.45, 7) is 1.76. The number of benzene rings is 1. The lowest BCUT2D eigenvalue weighted by Gasteiger charge is -2.30. The zero-order valence-electron chi connectivity index (χ0n) is 12.0. The molecular weight excluding hydrogens is 270 g/mol. The number of methoxy groups -OCH3 is 1. The molecule has 1 heterocycles. The SMILES string of the molecule is COc1c(NN)ncnc1NC(C)(CO)c1ccccc1. The predicted octanol–water partition coefficient (Wildman–Crippen LogP) is 1.09. The van der Waals surface area contributed by atoms with E-state index < -0.39 is 5.54 Å². The number of aliphatic hydroxyl groups is 1. The van der Waals surface area contributed by atoms with Gasteiger partial charge in [0.2, 0.25) is 5.75 Å². The largest absolute Gasteiger partial charge is 0.490 e. The number of rotatable bonds is 6. The van der Waals surface area contributed by atoms with E-state index in [4.69, 9.17) is 10.6 Å². The van der Waals surface area contributed by atoms with Gasteiger partial charge in [0.05, 0.1) is 19.3 Å². The van der Waals surface area contributed by atoms with Gasteiger partial charge >= 0.3 is 0 Å². The molecule has 7 heteroatoms. The average molecular weight is 289 g/mol. The summed E-state index contributed by atoms with van der Waals surface area (Å²) in [6, 6.07) is 9.60. The van der Waals surface area contributed by atoms with Gasteiger partial charge in [0, 0.05) is 0 Å². The third kappa shape index (κ3) is 3.04. The number of ether oxygens (including phenoxy) is 1. The van der Waals surface area contributed by atoms with E-state index in [2.05, 4.69) is 20.7 Å². The quantitative estimate of drug-likeness (QED) is 0.466. The van der Waals surface area contributed by atoms with Gasteiger partial charge in [-0.3, -0.25) is 0 Å². The maximum atomic E-state index is 9.80. The number of nitrogens with two attached hydrogens (primary N) is 1. The van der Waals surface area contributed by atoms with Crippen molar-refractivity contribution in [2.75, 3.05) is 24.5 Å². The maximum absolute atomic E-state index is 9.80. The second kappa shape index (κ2) is 6.38. The number of anilines is 2. The van der Waals surface area contributed by atoms with Crippen molar-refractivity contribution in [3.8, 4) is 5.75 Å². The monoisotopic (exact) mass is 289 g/mol. The summed E-state index contributed by atoms with van der Waals surface area (Å²) in [7, 11) is 1.50. The van der Waals surface area contributed by atoms with Crippen LogP contribution in [0.3, 0.4) is 0 Å². The van der Waals surface area contributed by atoms with Crippen LogP contribution in [0.2, 0.25) is 0 Å². The zero-order chi connectivity index (χ0) is 15.3. The normalized spacial score (nSPS) is 13.3. The molecule has 0 aliphatic rings. The van der Waals surface area contributed by atoms with Crippen molar-refractivity contribution in [2.45, 2.75) is 12.5 Å². The van der Waals surface area contributed by atoms with E-state index in [0.717, 1.165) is 5.56 Å². The number of hydrogen-bond donors (Lipinski definition) is 4. The predicted molar refractivity (Wildman–Crippen MR) is 80.9 cm³/mol. The molecule has 5 N–H and O–H groups in total. The standard InChI is InChI=1S/C14H19N5O2/c1-14(8-20,10-6-4-3-5-7-10)18-12-11(21-2)13(19-15)17-9-16-12/h3-7,9,20H,8,15H2,1-2H3,(H2,16,17,18,19). The minimum Gasteiger partial charge on any atom is -0.490 e. The molecule has 0 fully saturated rings. The minimum atomic E-state index is -0.714. The van der Waals surface area contributed by atoms with Gasteiger partial charge in [-0.25, -0.2) is 15.8 Å². The Balaban J connectivity index is 2.39. The summed E-state index contributed by atoms with van der Waals surface area (Å²) >= 11 is 0. The second-order valence-corrected chi connectivity index (χ2v) is 4.73. The number of nitrogen functional groups attached to an aromatic ring is 1. The molecule has 0 bridgehead atoms. The Morgan fingerprint density at radius 1 is 1.24 bits per heavy atom. The van der Waals surface area contributed by atoms with Crippen LogP contribution in [0.5, 0.6) is 5.75 Å². The lowest BCUT2D eigenvalue weighted by molar-refractivity contribution is 0.223. The van der Waals surface area contributed by atoms with Gasteiger partial charge in [0.25, 0.3) is 0 Å². The van der Waals surface area contributed by atoms with Crippen molar-refractivity contribution >= 4 is 11.6 Å². The molecule has 1 aromatic carbocycles. The summed E-state index contributed by atoms with van der Waals surface area (Å²) in [4.78, 5) is 8.15. The third-order valence-corrected chi connectivity index (χ3v) is 3.27. The van der Waals surface area contributed by atoms with E-state index in [1.165, 1.54) is 13.4 Å². The summed E-state index contributed by atoms with van der Waals surface area (Å²) in [5.74, 6) is 6.60. The Hall–Kier alpha value is -2.38. The van der Waals surface area contributed by atoms with Crippen molar-refractivity contribution in [3.63, 3.8) is 0 Å². The molecule has 112 valence electrons. The number of nitrogens with one attached hydrogen (secondary N) is 2. The molecule has 1 aromatic heterocycles. The Labute approximate surface area is 123 Å². The van der Waals surface area contributed by atoms with E-state index >= 15 is 0 Å². The summed E-state index contributed by atoms with van der Waals surface area (Å²) in [6.07, 6.45) is 1.36. The number of hydrogen-bond acceptors (Lipinski definition) is 7. The van der Waals surface area contributed by atoms with E-state index in [0.29, 0.717) is 17.4 Å². The van der Waals surface area contributed by atoms with Crippen LogP contribution < -0.4 is 21.3 Å². The first kappa shape index (κ1) is 15.0. The highest BCUT2D eigenvalue weighted by Crippen LogP contribution is 2.33. The molecule has 2 aromatic rings. The van der Waals surface area contributed by atoms with E-state index in [9.17, 15) is 5.11 Å². The zero-order valence-corrected chi connectivity index (χ0v) is 12.0. The molecule has 2 rings (SSSR count). The van der Waals surface area contributed by atoms with Crippen LogP contribution in [-0.4, -0.2) is 28.8 Å². The first-order valence-electron chi connectivity index (χ1n) is 6.45. The van der Waals surface area contributed by atoms with Crippen LogP contribution in [0, 0.1) is 0 Å². The smallest absolute Gasteiger partial charge is 0.205 e. The Morgan fingerprint density at radius 2 is 1.90 bits per heavy atom. The van der Waals surface area contributed by atoms with Crippen molar-refractivity contribution in [2.24, 2.45) is 5.84 Å². The highest BCUT2D eigenvalue weighted by molar-refractivity contribution is 5.64. The molecule has 0 amide bonds. The summed E-state index contributed by atoms with van der Waals surface area (Å²) in [5, 5.41) is 13.0. The van der Waals surface area contributed by atoms with E-state index in [1.54, 1.807) is 0 Å². The van der Waals surface area contributed by atoms with E-state index in [1.807, 2.05) is 37.3 Å². The van der Waals surface area contributed by atoms with Crippen LogP contribution in [0.1, 0.15) is 12.5 Å². The molecule has 0 radical (unpaired) electrons. The number of aliphatic hydroxyl groups excluding tert-OH is 1. The lowest BCUT2D eigenvalue weighted by Crippen LogP contribution is -2.36. The third-order valence-electron chi connectivity index (χ3n) is 3.27. The highest BCUT2D eigenvalue weighted by atomic mass is 16.5. The lowest BCUT2D eigenvalue weighted by atomic mass is 9.93. The van der Waals surface area contributed by atoms with Crippen molar-refractivity contribution in [1.29, 1.82) is 0 Å². The van der Waals surface area contributed by atoms with Gasteiger partial charge in [0.1, 0.15) is 6.33 Å². The van der Waals surface area contributed by atoms with Crippen LogP contribution in [0.4, 0.5) is 11.6 Å². The van der Waals surface area contributed by atoms with Gasteiger partial charge in [-0.05, 0) is 12.5 Å². The summed E-state index contributed by atoms with van der Waals surface area (Å²) in [5.41, 5.74) is 2.66. The van der Waals surface area contributed by atoms with Crippen molar-refractivity contribution in [3.05, 3.63) is 42.2 Å². The van der Waals surface area contributed by atoms with Gasteiger partial charge in [-0.15, -0.1) is 0 Å². The fourth-order valence-electron chi connectivity index (χ4n) is 2.03. The minimum absolute atomic E-state index is 0.116. The fraction of sp³-hybridized carbons (Fsp3) is 0.286. The summed E-state index contributed by atoms with van der Waals surface area (Å²) < 4.78 is 5.28. The fourth-order valence-corrected chi connectivity index (χ4v) is 2.03. The van der Waals surface area contributed by atoms with Crippen molar-refractivity contribution in [1.82, 2.24) is 9.97 Å². The molecule has 0 aliphatic heterocycles. The number of nitrogens with zero attached hydrogens (tertiary/aromatic N) is 2. The van der Waals surface area contributed by atoms with Crippen LogP contribution >= 0.6 is 0 Å². The van der Waals surface area contributed by atoms with Crippen LogP contribution in [0.15, 0.2) is 36.7 Å². The molecular formula is C14H19N5O2. The first-order chi connectivity index (χ1) is 10.1. The van der Waals surface area contributed by atoms with Gasteiger partial charge in [0.15, 0.2) is 11.6 Å². The van der Waals surface area contributed by atoms with Crippen LogP contribution in [0.25, 0.3) is 0 Å². The number of hydrazine groups is 1. The first-order valence-corrected chi connectivity index (χ1v) is 6.45. The highest BCUT2D eigenvalue weighted by Gasteiger charge is 2.28. The van der Waals surface area contributed by atoms with Gasteiger partial charge < -0.3 is 20.6 Å². The number of aromatic nitrogens is 2. The van der Waals surface area contributed by atoms with E-state index in [-0.39, 0.29) is 6.61 Å². The Kier molecular flexibility index (Phi) is 4.56. The molecule has 1 unspecified atom stereocenters. The van der Waals surface area contributed by atoms with Crippen LogP contribution in [-0.2, 0) is 5.54 Å². The maximum Gasteiger partial charge on any atom is 0.205 e. The average Bonchev–Trinajstić information content (AvgIpc) is 2.55. The topological polar surface area (TPSA) is 105 Å². The van der Waals surface area contributed by atoms with Gasteiger partial charge in [-0.1, -0.05) is 30.3 Å². The molecule has 0 spiro atoms. The molecule has 0 saturated heterocycles. The second-order valence-electron chi connectivity index (χ2n) is 4.73. The Bertz CT molecular complexity index is 593. The molecule has 1 atom stereocenters. The molecule has 0 saturated carbocycles. The Morgan fingerprint density at radius 3 is 2.48 bits per heavy atom. The van der Waals surface area contributed by atoms with Crippen molar-refractivity contribution < 1.29 is 9.84 Å².